The molecule has 1 aromatic carbocycles. The van der Waals surface area contributed by atoms with Gasteiger partial charge in [0, 0.05) is 6.54 Å². The van der Waals surface area contributed by atoms with Crippen LogP contribution in [0.15, 0.2) is 29.2 Å². The number of likely N-dealkylation sites (N-methyl/N-ethyl adjacent to an activating group) is 1. The Balaban J connectivity index is 3.01. The van der Waals surface area contributed by atoms with E-state index in [0.717, 1.165) is 18.4 Å². The van der Waals surface area contributed by atoms with Gasteiger partial charge < -0.3 is 5.73 Å². The lowest BCUT2D eigenvalue weighted by molar-refractivity contribution is 0.466. The lowest BCUT2D eigenvalue weighted by atomic mass is 10.1. The summed E-state index contributed by atoms with van der Waals surface area (Å²) < 4.78 is 25.9. The summed E-state index contributed by atoms with van der Waals surface area (Å²) in [5.74, 6) is -0.159. The van der Waals surface area contributed by atoms with Gasteiger partial charge in [0.25, 0.3) is 0 Å². The maximum absolute atomic E-state index is 12.3. The molecule has 1 rings (SSSR count). The van der Waals surface area contributed by atoms with Gasteiger partial charge in [0.2, 0.25) is 10.0 Å². The summed E-state index contributed by atoms with van der Waals surface area (Å²) in [6.45, 7) is 4.02. The minimum Gasteiger partial charge on any atom is -0.387 e. The number of nitrogens with zero attached hydrogens (tertiary/aromatic N) is 1. The molecule has 0 aromatic heterocycles. The monoisotopic (exact) mass is 283 g/mol. The molecule has 1 aromatic rings. The summed E-state index contributed by atoms with van der Waals surface area (Å²) >= 11 is 0. The molecule has 5 nitrogen and oxygen atoms in total. The molecule has 0 spiro atoms. The molecule has 0 bridgehead atoms. The average Bonchev–Trinajstić information content (AvgIpc) is 2.36. The van der Waals surface area contributed by atoms with Crippen molar-refractivity contribution in [2.24, 2.45) is 5.73 Å². The van der Waals surface area contributed by atoms with Crippen LogP contribution in [0.4, 0.5) is 0 Å². The third-order valence-corrected chi connectivity index (χ3v) is 4.73. The topological polar surface area (TPSA) is 87.2 Å². The van der Waals surface area contributed by atoms with Gasteiger partial charge >= 0.3 is 0 Å². The molecule has 106 valence electrons. The average molecular weight is 283 g/mol. The van der Waals surface area contributed by atoms with E-state index in [9.17, 15) is 8.42 Å². The predicted molar refractivity (Wildman–Crippen MR) is 76.8 cm³/mol. The highest BCUT2D eigenvalue weighted by Gasteiger charge is 2.23. The van der Waals surface area contributed by atoms with Crippen molar-refractivity contribution in [2.45, 2.75) is 31.6 Å². The molecular formula is C13H21N3O2S. The van der Waals surface area contributed by atoms with Crippen molar-refractivity contribution in [3.05, 3.63) is 29.8 Å². The van der Waals surface area contributed by atoms with Crippen LogP contribution in [0.5, 0.6) is 0 Å². The Morgan fingerprint density at radius 1 is 1.26 bits per heavy atom. The Morgan fingerprint density at radius 2 is 1.84 bits per heavy atom. The Morgan fingerprint density at radius 3 is 2.26 bits per heavy atom. The van der Waals surface area contributed by atoms with E-state index in [-0.39, 0.29) is 17.3 Å². The summed E-state index contributed by atoms with van der Waals surface area (Å²) in [6.07, 6.45) is 1.96. The lowest BCUT2D eigenvalue weighted by Crippen LogP contribution is -2.37. The van der Waals surface area contributed by atoms with Gasteiger partial charge in [-0.15, -0.1) is 0 Å². The molecule has 0 heterocycles. The number of hydrogen-bond donors (Lipinski definition) is 2. The van der Waals surface area contributed by atoms with Crippen LogP contribution in [0.2, 0.25) is 0 Å². The largest absolute Gasteiger partial charge is 0.387 e. The molecule has 6 heteroatoms. The first kappa shape index (κ1) is 15.7. The number of sulfonamides is 1. The van der Waals surface area contributed by atoms with Crippen LogP contribution < -0.4 is 5.73 Å². The van der Waals surface area contributed by atoms with E-state index in [2.05, 4.69) is 6.92 Å². The van der Waals surface area contributed by atoms with Crippen molar-refractivity contribution in [2.75, 3.05) is 13.1 Å². The Bertz CT molecular complexity index is 523. The molecular weight excluding hydrogens is 262 g/mol. The Kier molecular flexibility index (Phi) is 5.50. The normalized spacial score (nSPS) is 11.7. The zero-order valence-electron chi connectivity index (χ0n) is 11.4. The van der Waals surface area contributed by atoms with E-state index in [1.54, 1.807) is 19.1 Å². The third-order valence-electron chi connectivity index (χ3n) is 2.80. The Hall–Kier alpha value is -1.40. The van der Waals surface area contributed by atoms with Gasteiger partial charge in [0.1, 0.15) is 5.84 Å². The molecule has 0 amide bonds. The number of hydrogen-bond acceptors (Lipinski definition) is 3. The second-order valence-corrected chi connectivity index (χ2v) is 6.29. The highest BCUT2D eigenvalue weighted by Crippen LogP contribution is 2.16. The Labute approximate surface area is 115 Å². The fourth-order valence-corrected chi connectivity index (χ4v) is 3.25. The fraction of sp³-hybridized carbons (Fsp3) is 0.462. The number of rotatable bonds is 7. The molecule has 3 N–H and O–H groups in total. The summed E-state index contributed by atoms with van der Waals surface area (Å²) in [5, 5.41) is 7.23. The van der Waals surface area contributed by atoms with Gasteiger partial charge in [-0.2, -0.15) is 4.31 Å². The molecule has 0 aliphatic carbocycles. The van der Waals surface area contributed by atoms with E-state index in [4.69, 9.17) is 11.1 Å². The molecule has 0 fully saturated rings. The zero-order chi connectivity index (χ0) is 14.5. The quantitative estimate of drug-likeness (QED) is 0.588. The van der Waals surface area contributed by atoms with Crippen molar-refractivity contribution in [1.29, 1.82) is 5.41 Å². The van der Waals surface area contributed by atoms with Crippen LogP contribution in [-0.2, 0) is 16.4 Å². The van der Waals surface area contributed by atoms with Crippen LogP contribution in [0.3, 0.4) is 0 Å². The fourth-order valence-electron chi connectivity index (χ4n) is 1.82. The number of nitrogens with two attached hydrogens (primary N) is 1. The van der Waals surface area contributed by atoms with Crippen LogP contribution >= 0.6 is 0 Å². The van der Waals surface area contributed by atoms with E-state index >= 15 is 0 Å². The van der Waals surface area contributed by atoms with E-state index in [0.29, 0.717) is 6.54 Å². The van der Waals surface area contributed by atoms with Crippen molar-refractivity contribution >= 4 is 15.9 Å². The van der Waals surface area contributed by atoms with E-state index in [1.807, 2.05) is 12.1 Å². The summed E-state index contributed by atoms with van der Waals surface area (Å²) in [4.78, 5) is 0.246. The first-order valence-corrected chi connectivity index (χ1v) is 7.77. The van der Waals surface area contributed by atoms with Crippen molar-refractivity contribution in [1.82, 2.24) is 4.31 Å². The molecule has 0 aliphatic rings. The summed E-state index contributed by atoms with van der Waals surface area (Å²) in [7, 11) is -3.57. The van der Waals surface area contributed by atoms with Gasteiger partial charge in [-0.25, -0.2) is 8.42 Å². The highest BCUT2D eigenvalue weighted by atomic mass is 32.2. The molecule has 0 aliphatic heterocycles. The predicted octanol–water partition coefficient (Wildman–Crippen LogP) is 1.59. The molecule has 0 unspecified atom stereocenters. The number of aryl methyl sites for hydroxylation is 1. The summed E-state index contributed by atoms with van der Waals surface area (Å²) in [5.41, 5.74) is 6.41. The van der Waals surface area contributed by atoms with Crippen molar-refractivity contribution in [3.63, 3.8) is 0 Å². The minimum atomic E-state index is -3.57. The molecule has 19 heavy (non-hydrogen) atoms. The zero-order valence-corrected chi connectivity index (χ0v) is 12.2. The van der Waals surface area contributed by atoms with Crippen LogP contribution in [0.1, 0.15) is 25.8 Å². The molecule has 0 radical (unpaired) electrons. The van der Waals surface area contributed by atoms with Gasteiger partial charge in [-0.1, -0.05) is 32.4 Å². The molecule has 0 atom stereocenters. The third kappa shape index (κ3) is 4.04. The van der Waals surface area contributed by atoms with Gasteiger partial charge in [-0.3, -0.25) is 5.41 Å². The van der Waals surface area contributed by atoms with Crippen molar-refractivity contribution in [3.8, 4) is 0 Å². The first-order chi connectivity index (χ1) is 8.91. The lowest BCUT2D eigenvalue weighted by Gasteiger charge is -2.19. The minimum absolute atomic E-state index is 0.0739. The second-order valence-electron chi connectivity index (χ2n) is 4.35. The van der Waals surface area contributed by atoms with E-state index in [1.165, 1.54) is 4.31 Å². The van der Waals surface area contributed by atoms with Gasteiger partial charge in [0.05, 0.1) is 11.4 Å². The summed E-state index contributed by atoms with van der Waals surface area (Å²) in [6, 6.07) is 6.89. The smallest absolute Gasteiger partial charge is 0.243 e. The SMILES string of the molecule is CCCc1ccc(S(=O)(=O)N(CC)CC(=N)N)cc1. The maximum Gasteiger partial charge on any atom is 0.243 e. The van der Waals surface area contributed by atoms with Crippen LogP contribution in [0.25, 0.3) is 0 Å². The standard InChI is InChI=1S/C13H21N3O2S/c1-3-5-11-6-8-12(9-7-11)19(17,18)16(4-2)10-13(14)15/h6-9H,3-5,10H2,1-2H3,(H3,14,15). The maximum atomic E-state index is 12.3. The van der Waals surface area contributed by atoms with Crippen LogP contribution in [0, 0.1) is 5.41 Å². The van der Waals surface area contributed by atoms with Gasteiger partial charge in [0.15, 0.2) is 0 Å². The van der Waals surface area contributed by atoms with Crippen molar-refractivity contribution < 1.29 is 8.42 Å². The van der Waals surface area contributed by atoms with E-state index < -0.39 is 10.0 Å². The molecule has 0 saturated carbocycles. The number of amidine groups is 1. The van der Waals surface area contributed by atoms with Gasteiger partial charge in [-0.05, 0) is 24.1 Å². The number of nitrogens with one attached hydrogen (secondary N) is 1. The number of benzene rings is 1. The molecule has 0 saturated heterocycles. The first-order valence-electron chi connectivity index (χ1n) is 6.33. The second kappa shape index (κ2) is 6.68. The van der Waals surface area contributed by atoms with Crippen LogP contribution in [-0.4, -0.2) is 31.6 Å². The highest BCUT2D eigenvalue weighted by molar-refractivity contribution is 7.89.